The van der Waals surface area contributed by atoms with Crippen molar-refractivity contribution in [3.63, 3.8) is 0 Å². The van der Waals surface area contributed by atoms with Gasteiger partial charge >= 0.3 is 23.5 Å². The summed E-state index contributed by atoms with van der Waals surface area (Å²) in [5.74, 6) is 5.59. The Morgan fingerprint density at radius 1 is 1.00 bits per heavy atom. The van der Waals surface area contributed by atoms with Crippen molar-refractivity contribution in [1.82, 2.24) is 0 Å². The van der Waals surface area contributed by atoms with E-state index in [0.29, 0.717) is 21.9 Å². The van der Waals surface area contributed by atoms with Crippen molar-refractivity contribution >= 4 is 43.1 Å². The number of ether oxygens (including phenoxy) is 2. The summed E-state index contributed by atoms with van der Waals surface area (Å²) in [6.07, 6.45) is 7.18. The number of allylic oxidation sites excluding steroid dienone is 6. The average molecular weight is 715 g/mol. The molecule has 0 amide bonds. The number of phosphoric ester groups is 1. The molecule has 20 heteroatoms. The molecule has 3 rings (SSSR count). The van der Waals surface area contributed by atoms with Crippen LogP contribution in [0.1, 0.15) is 12.0 Å². The third-order valence-corrected chi connectivity index (χ3v) is 12.6. The Kier molecular flexibility index (Phi) is 13.2. The number of hydrogen-bond acceptors (Lipinski definition) is 12. The van der Waals surface area contributed by atoms with Crippen LogP contribution >= 0.6 is 34.3 Å². The predicted octanol–water partition coefficient (Wildman–Crippen LogP) is 3.23. The molecule has 44 heavy (non-hydrogen) atoms. The maximum atomic E-state index is 12.4. The van der Waals surface area contributed by atoms with E-state index in [0.717, 1.165) is 5.56 Å². The maximum Gasteiger partial charge on any atom is 0.490 e. The number of hydrogen-bond donors (Lipinski definition) is 5. The predicted molar refractivity (Wildman–Crippen MR) is 158 cm³/mol. The Morgan fingerprint density at radius 3 is 2.36 bits per heavy atom. The molecular weight excluding hydrogens is 685 g/mol. The molecule has 0 bridgehead atoms. The van der Waals surface area contributed by atoms with Gasteiger partial charge in [-0.2, -0.15) is 8.62 Å². The van der Waals surface area contributed by atoms with Crippen LogP contribution in [0, 0.1) is 18.8 Å². The van der Waals surface area contributed by atoms with Gasteiger partial charge in [0.15, 0.2) is 0 Å². The van der Waals surface area contributed by atoms with Gasteiger partial charge < -0.3 is 34.2 Å². The van der Waals surface area contributed by atoms with Gasteiger partial charge in [-0.05, 0) is 36.8 Å². The molecule has 1 fully saturated rings. The second-order valence-electron chi connectivity index (χ2n) is 9.01. The van der Waals surface area contributed by atoms with Crippen molar-refractivity contribution in [2.24, 2.45) is 0 Å². The molecule has 5 N–H and O–H groups in total. The minimum absolute atomic E-state index is 0.0246. The first-order valence-electron chi connectivity index (χ1n) is 12.4. The van der Waals surface area contributed by atoms with E-state index in [2.05, 4.69) is 25.0 Å². The molecule has 1 aliphatic carbocycles. The summed E-state index contributed by atoms with van der Waals surface area (Å²) in [5.41, 5.74) is 2.13. The average Bonchev–Trinajstić information content (AvgIpc) is 3.24. The van der Waals surface area contributed by atoms with Crippen LogP contribution in [0.25, 0.3) is 0 Å². The molecular formula is C24H29O15P3S2. The minimum Gasteiger partial charge on any atom is -0.390 e. The zero-order valence-corrected chi connectivity index (χ0v) is 27.1. The van der Waals surface area contributed by atoms with Crippen LogP contribution in [-0.2, 0) is 45.2 Å². The summed E-state index contributed by atoms with van der Waals surface area (Å²) in [5, 5.41) is 10.4. The first-order valence-corrected chi connectivity index (χ1v) is 19.9. The van der Waals surface area contributed by atoms with Crippen molar-refractivity contribution in [1.29, 1.82) is 0 Å². The molecule has 0 spiro atoms. The number of aliphatic hydroxyl groups excluding tert-OH is 1. The summed E-state index contributed by atoms with van der Waals surface area (Å²) in [4.78, 5) is 36.2. The fourth-order valence-corrected chi connectivity index (χ4v) is 8.83. The maximum absolute atomic E-state index is 12.4. The van der Waals surface area contributed by atoms with Gasteiger partial charge in [-0.15, -0.1) is 0 Å². The van der Waals surface area contributed by atoms with Crippen LogP contribution < -0.4 is 0 Å². The van der Waals surface area contributed by atoms with E-state index in [4.69, 9.17) is 19.3 Å². The lowest BCUT2D eigenvalue weighted by Crippen LogP contribution is -2.26. The van der Waals surface area contributed by atoms with Crippen molar-refractivity contribution in [3.8, 4) is 11.8 Å². The minimum atomic E-state index is -5.67. The van der Waals surface area contributed by atoms with E-state index < -0.39 is 57.3 Å². The van der Waals surface area contributed by atoms with Gasteiger partial charge in [0.25, 0.3) is 0 Å². The van der Waals surface area contributed by atoms with Crippen LogP contribution in [0.15, 0.2) is 76.8 Å². The van der Waals surface area contributed by atoms with E-state index in [1.165, 1.54) is 12.1 Å². The topological polar surface area (TPSA) is 233 Å². The third-order valence-electron chi connectivity index (χ3n) is 5.55. The standard InChI is InChI=1S/C24H29O15P3S2/c1-18-8-12-21(13-9-18)44(33,34)43-17-35-14-4-6-19-5-2-3-7-20(11-10-19)23-15-22(25)24(37-23)16-36-41(29,30)39-42(31,32)38-40(26,27)28/h2-3,5,7-13,22-25H,14-17H2,1H3,(H,29,30)(H,31,32)(H2,26,27,28)/b3-2-,5-2?,7-3?,11-10-,19-5-,19-10?,20-7+,20-11?. The molecule has 1 aliphatic heterocycles. The van der Waals surface area contributed by atoms with E-state index >= 15 is 0 Å². The highest BCUT2D eigenvalue weighted by Gasteiger charge is 2.42. The zero-order chi connectivity index (χ0) is 32.6. The second-order valence-corrected chi connectivity index (χ2v) is 17.3. The molecule has 0 saturated carbocycles. The summed E-state index contributed by atoms with van der Waals surface area (Å²) in [6.45, 7) is 1.05. The molecule has 5 atom stereocenters. The Labute approximate surface area is 257 Å². The smallest absolute Gasteiger partial charge is 0.390 e. The molecule has 1 aromatic carbocycles. The van der Waals surface area contributed by atoms with Crippen molar-refractivity contribution in [3.05, 3.63) is 77.4 Å². The number of benzene rings is 1. The van der Waals surface area contributed by atoms with Gasteiger partial charge in [0.05, 0.1) is 23.7 Å². The number of phosphoric acid groups is 3. The summed E-state index contributed by atoms with van der Waals surface area (Å²) in [7, 11) is -19.5. The van der Waals surface area contributed by atoms with Gasteiger partial charge in [-0.1, -0.05) is 53.8 Å². The summed E-state index contributed by atoms with van der Waals surface area (Å²) >= 11 is 0. The number of aryl methyl sites for hydroxylation is 1. The molecule has 0 aromatic heterocycles. The molecule has 242 valence electrons. The largest absolute Gasteiger partial charge is 0.490 e. The summed E-state index contributed by atoms with van der Waals surface area (Å²) < 4.78 is 81.8. The molecule has 1 saturated heterocycles. The Bertz CT molecular complexity index is 1620. The first-order chi connectivity index (χ1) is 20.4. The summed E-state index contributed by atoms with van der Waals surface area (Å²) in [6, 6.07) is 6.48. The number of aliphatic hydroxyl groups is 1. The van der Waals surface area contributed by atoms with Crippen LogP contribution in [-0.4, -0.2) is 70.6 Å². The van der Waals surface area contributed by atoms with Crippen LogP contribution in [0.3, 0.4) is 0 Å². The highest BCUT2D eigenvalue weighted by atomic mass is 33.1. The molecule has 0 radical (unpaired) electrons. The fourth-order valence-electron chi connectivity index (χ4n) is 3.59. The Morgan fingerprint density at radius 2 is 1.68 bits per heavy atom. The van der Waals surface area contributed by atoms with Gasteiger partial charge in [0, 0.05) is 22.8 Å². The van der Waals surface area contributed by atoms with E-state index in [1.807, 2.05) is 6.92 Å². The van der Waals surface area contributed by atoms with E-state index in [9.17, 15) is 37.0 Å². The highest BCUT2D eigenvalue weighted by molar-refractivity contribution is 8.72. The normalized spacial score (nSPS) is 27.2. The highest BCUT2D eigenvalue weighted by Crippen LogP contribution is 2.66. The molecule has 15 nitrogen and oxygen atoms in total. The molecule has 1 aromatic rings. The second kappa shape index (κ2) is 15.8. The van der Waals surface area contributed by atoms with Crippen molar-refractivity contribution < 1.29 is 69.4 Å². The lowest BCUT2D eigenvalue weighted by molar-refractivity contribution is -0.0121. The monoisotopic (exact) mass is 714 g/mol. The molecule has 1 heterocycles. The van der Waals surface area contributed by atoms with Crippen LogP contribution in [0.2, 0.25) is 0 Å². The lowest BCUT2D eigenvalue weighted by atomic mass is 10.0. The quantitative estimate of drug-likeness (QED) is 0.0649. The number of rotatable bonds is 13. The molecule has 5 unspecified atom stereocenters. The fraction of sp³-hybridized carbons (Fsp3) is 0.333. The zero-order valence-electron chi connectivity index (χ0n) is 22.8. The third kappa shape index (κ3) is 12.6. The van der Waals surface area contributed by atoms with Gasteiger partial charge in [0.2, 0.25) is 8.87 Å². The van der Waals surface area contributed by atoms with Crippen LogP contribution in [0.4, 0.5) is 0 Å². The van der Waals surface area contributed by atoms with Gasteiger partial charge in [-0.3, -0.25) is 4.52 Å². The SMILES string of the molecule is Cc1ccc(S(=O)(=O)SCOCC#CC2=C/C=C\C=C(C3CC(O)C(COP(=O)(O)OP(=O)(O)OP(=O)(O)O)O3)/C=C\2)cc1. The van der Waals surface area contributed by atoms with E-state index in [1.54, 1.807) is 48.6 Å². The lowest BCUT2D eigenvalue weighted by Gasteiger charge is -2.19. The van der Waals surface area contributed by atoms with Crippen LogP contribution in [0.5, 0.6) is 0 Å². The van der Waals surface area contributed by atoms with E-state index in [-0.39, 0.29) is 23.9 Å². The molecule has 2 aliphatic rings. The van der Waals surface area contributed by atoms with Gasteiger partial charge in [-0.25, -0.2) is 22.1 Å². The van der Waals surface area contributed by atoms with Gasteiger partial charge in [0.1, 0.15) is 18.6 Å². The van der Waals surface area contributed by atoms with Crippen molar-refractivity contribution in [2.75, 3.05) is 19.2 Å². The van der Waals surface area contributed by atoms with Crippen molar-refractivity contribution in [2.45, 2.75) is 36.6 Å². The Hall–Kier alpha value is -1.67. The first kappa shape index (κ1) is 36.8. The Balaban J connectivity index is 1.48.